The molecule has 2 aromatic heterocycles. The van der Waals surface area contributed by atoms with E-state index < -0.39 is 5.91 Å². The van der Waals surface area contributed by atoms with Gasteiger partial charge in [-0.15, -0.1) is 0 Å². The molecule has 0 saturated heterocycles. The van der Waals surface area contributed by atoms with Crippen LogP contribution >= 0.6 is 0 Å². The number of rotatable bonds is 11. The van der Waals surface area contributed by atoms with E-state index in [9.17, 15) is 9.90 Å². The minimum absolute atomic E-state index is 0.0469. The maximum Gasteiger partial charge on any atom is 0.268 e. The normalized spacial score (nSPS) is 12.2. The standard InChI is InChI=1S/C25H28N4O3/c26-25(31)23-16-29(18-27-23)21(17-30)11-13-28-12-10-20-15-22(8-9-24(20)28)32-14-4-7-19-5-2-1-3-6-19/h1-3,5-6,8-10,12,15-16,18,21,30H,4,7,11,13-14,17H2,(H2,26,31)/t21-/m1/s1. The van der Waals surface area contributed by atoms with Crippen LogP contribution < -0.4 is 10.5 Å². The van der Waals surface area contributed by atoms with Crippen molar-refractivity contribution in [3.8, 4) is 5.75 Å². The molecule has 7 heteroatoms. The zero-order chi connectivity index (χ0) is 22.3. The summed E-state index contributed by atoms with van der Waals surface area (Å²) in [5.74, 6) is 0.295. The number of fused-ring (bicyclic) bond motifs is 1. The molecule has 0 aliphatic rings. The highest BCUT2D eigenvalue weighted by atomic mass is 16.5. The van der Waals surface area contributed by atoms with E-state index in [4.69, 9.17) is 10.5 Å². The molecule has 4 aromatic rings. The van der Waals surface area contributed by atoms with E-state index in [1.807, 2.05) is 18.3 Å². The van der Waals surface area contributed by atoms with Crippen LogP contribution in [0.3, 0.4) is 0 Å². The summed E-state index contributed by atoms with van der Waals surface area (Å²) in [5.41, 5.74) is 7.91. The van der Waals surface area contributed by atoms with Gasteiger partial charge in [-0.25, -0.2) is 4.98 Å². The van der Waals surface area contributed by atoms with Crippen molar-refractivity contribution in [1.82, 2.24) is 14.1 Å². The van der Waals surface area contributed by atoms with Gasteiger partial charge in [0.2, 0.25) is 0 Å². The molecule has 0 spiro atoms. The third-order valence-corrected chi connectivity index (χ3v) is 5.65. The van der Waals surface area contributed by atoms with Gasteiger partial charge in [0.05, 0.1) is 25.6 Å². The van der Waals surface area contributed by atoms with Crippen LogP contribution in [0, 0.1) is 0 Å². The molecule has 1 atom stereocenters. The predicted octanol–water partition coefficient (Wildman–Crippen LogP) is 3.57. The number of aromatic nitrogens is 3. The fourth-order valence-electron chi connectivity index (χ4n) is 3.86. The topological polar surface area (TPSA) is 95.3 Å². The molecule has 0 saturated carbocycles. The summed E-state index contributed by atoms with van der Waals surface area (Å²) in [5, 5.41) is 10.9. The summed E-state index contributed by atoms with van der Waals surface area (Å²) in [7, 11) is 0. The van der Waals surface area contributed by atoms with Crippen molar-refractivity contribution in [1.29, 1.82) is 0 Å². The van der Waals surface area contributed by atoms with Crippen molar-refractivity contribution in [3.05, 3.63) is 84.6 Å². The van der Waals surface area contributed by atoms with Gasteiger partial charge in [-0.1, -0.05) is 30.3 Å². The summed E-state index contributed by atoms with van der Waals surface area (Å²) in [6.07, 6.45) is 7.82. The fourth-order valence-corrected chi connectivity index (χ4v) is 3.86. The molecule has 166 valence electrons. The lowest BCUT2D eigenvalue weighted by atomic mass is 10.1. The molecule has 2 aromatic carbocycles. The van der Waals surface area contributed by atoms with E-state index in [0.29, 0.717) is 13.0 Å². The number of primary amides is 1. The van der Waals surface area contributed by atoms with E-state index in [1.165, 1.54) is 11.9 Å². The van der Waals surface area contributed by atoms with E-state index in [2.05, 4.69) is 52.0 Å². The SMILES string of the molecule is NC(=O)c1cn([C@@H](CO)CCn2ccc3cc(OCCCc4ccccc4)ccc32)cn1. The van der Waals surface area contributed by atoms with Crippen molar-refractivity contribution in [3.63, 3.8) is 0 Å². The molecule has 0 bridgehead atoms. The van der Waals surface area contributed by atoms with Crippen molar-refractivity contribution < 1.29 is 14.6 Å². The summed E-state index contributed by atoms with van der Waals surface area (Å²) < 4.78 is 9.85. The molecular formula is C25H28N4O3. The number of hydrogen-bond donors (Lipinski definition) is 2. The quantitative estimate of drug-likeness (QED) is 0.354. The Bertz CT molecular complexity index is 1170. The number of carbonyl (C=O) groups is 1. The zero-order valence-electron chi connectivity index (χ0n) is 17.9. The monoisotopic (exact) mass is 432 g/mol. The van der Waals surface area contributed by atoms with Crippen LogP contribution in [-0.4, -0.2) is 38.3 Å². The van der Waals surface area contributed by atoms with Gasteiger partial charge in [-0.3, -0.25) is 4.79 Å². The van der Waals surface area contributed by atoms with Crippen molar-refractivity contribution >= 4 is 16.8 Å². The third-order valence-electron chi connectivity index (χ3n) is 5.65. The molecule has 0 aliphatic carbocycles. The van der Waals surface area contributed by atoms with E-state index in [0.717, 1.165) is 36.0 Å². The molecular weight excluding hydrogens is 404 g/mol. The van der Waals surface area contributed by atoms with Gasteiger partial charge in [0.25, 0.3) is 5.91 Å². The van der Waals surface area contributed by atoms with E-state index in [-0.39, 0.29) is 18.3 Å². The second kappa shape index (κ2) is 10.2. The molecule has 32 heavy (non-hydrogen) atoms. The van der Waals surface area contributed by atoms with Gasteiger partial charge in [0.15, 0.2) is 0 Å². The van der Waals surface area contributed by atoms with Crippen LogP contribution in [0.4, 0.5) is 0 Å². The smallest absolute Gasteiger partial charge is 0.268 e. The maximum absolute atomic E-state index is 11.3. The second-order valence-electron chi connectivity index (χ2n) is 7.86. The molecule has 0 unspecified atom stereocenters. The number of nitrogens with zero attached hydrogens (tertiary/aromatic N) is 3. The average molecular weight is 433 g/mol. The third kappa shape index (κ3) is 5.18. The first kappa shape index (κ1) is 21.6. The van der Waals surface area contributed by atoms with Gasteiger partial charge in [-0.05, 0) is 49.1 Å². The molecule has 4 rings (SSSR count). The molecule has 2 heterocycles. The summed E-state index contributed by atoms with van der Waals surface area (Å²) in [4.78, 5) is 15.3. The molecule has 0 radical (unpaired) electrons. The number of imidazole rings is 1. The first-order valence-corrected chi connectivity index (χ1v) is 10.8. The van der Waals surface area contributed by atoms with Crippen molar-refractivity contribution in [2.45, 2.75) is 31.8 Å². The first-order valence-electron chi connectivity index (χ1n) is 10.8. The first-order chi connectivity index (χ1) is 15.6. The molecule has 1 amide bonds. The van der Waals surface area contributed by atoms with E-state index >= 15 is 0 Å². The van der Waals surface area contributed by atoms with Crippen LogP contribution in [-0.2, 0) is 13.0 Å². The van der Waals surface area contributed by atoms with Crippen molar-refractivity contribution in [2.24, 2.45) is 5.73 Å². The van der Waals surface area contributed by atoms with Crippen LogP contribution in [0.1, 0.15) is 34.9 Å². The van der Waals surface area contributed by atoms with Gasteiger partial charge in [0, 0.05) is 29.8 Å². The molecule has 0 aliphatic heterocycles. The fraction of sp³-hybridized carbons (Fsp3) is 0.280. The number of amides is 1. The second-order valence-corrected chi connectivity index (χ2v) is 7.86. The molecule has 3 N–H and O–H groups in total. The van der Waals surface area contributed by atoms with Crippen LogP contribution in [0.5, 0.6) is 5.75 Å². The molecule has 7 nitrogen and oxygen atoms in total. The lowest BCUT2D eigenvalue weighted by molar-refractivity contribution is 0.0995. The number of nitrogens with two attached hydrogens (primary N) is 1. The summed E-state index contributed by atoms with van der Waals surface area (Å²) in [6.45, 7) is 1.35. The van der Waals surface area contributed by atoms with Gasteiger partial charge >= 0.3 is 0 Å². The number of aliphatic hydroxyl groups excluding tert-OH is 1. The van der Waals surface area contributed by atoms with Crippen LogP contribution in [0.15, 0.2) is 73.3 Å². The minimum Gasteiger partial charge on any atom is -0.494 e. The predicted molar refractivity (Wildman–Crippen MR) is 124 cm³/mol. The number of carbonyl (C=O) groups excluding carboxylic acids is 1. The lowest BCUT2D eigenvalue weighted by Gasteiger charge is -2.16. The zero-order valence-corrected chi connectivity index (χ0v) is 17.9. The average Bonchev–Trinajstić information content (AvgIpc) is 3.46. The Hall–Kier alpha value is -3.58. The Morgan fingerprint density at radius 1 is 1.16 bits per heavy atom. The Morgan fingerprint density at radius 3 is 2.75 bits per heavy atom. The summed E-state index contributed by atoms with van der Waals surface area (Å²) >= 11 is 0. The van der Waals surface area contributed by atoms with E-state index in [1.54, 1.807) is 10.8 Å². The lowest BCUT2D eigenvalue weighted by Crippen LogP contribution is -2.15. The minimum atomic E-state index is -0.574. The number of aryl methyl sites for hydroxylation is 2. The number of benzene rings is 2. The maximum atomic E-state index is 11.3. The number of ether oxygens (including phenoxy) is 1. The number of aliphatic hydroxyl groups is 1. The van der Waals surface area contributed by atoms with Crippen LogP contribution in [0.25, 0.3) is 10.9 Å². The van der Waals surface area contributed by atoms with Gasteiger partial charge in [-0.2, -0.15) is 0 Å². The highest BCUT2D eigenvalue weighted by Crippen LogP contribution is 2.24. The largest absolute Gasteiger partial charge is 0.494 e. The molecule has 0 fully saturated rings. The Labute approximate surface area is 187 Å². The Balaban J connectivity index is 1.33. The Kier molecular flexibility index (Phi) is 6.87. The highest BCUT2D eigenvalue weighted by Gasteiger charge is 2.14. The Morgan fingerprint density at radius 2 is 2.00 bits per heavy atom. The number of hydrogen-bond acceptors (Lipinski definition) is 4. The van der Waals surface area contributed by atoms with Crippen LogP contribution in [0.2, 0.25) is 0 Å². The van der Waals surface area contributed by atoms with Gasteiger partial charge in [0.1, 0.15) is 11.4 Å². The summed E-state index contributed by atoms with van der Waals surface area (Å²) in [6, 6.07) is 18.5. The highest BCUT2D eigenvalue weighted by molar-refractivity contribution is 5.90. The van der Waals surface area contributed by atoms with Crippen molar-refractivity contribution in [2.75, 3.05) is 13.2 Å². The van der Waals surface area contributed by atoms with Gasteiger partial charge < -0.3 is 24.7 Å².